The number of hydrogen-bond donors (Lipinski definition) is 0. The molecule has 0 amide bonds. The molecule has 1 aromatic heterocycles. The van der Waals surface area contributed by atoms with Crippen molar-refractivity contribution in [3.05, 3.63) is 75.9 Å². The van der Waals surface area contributed by atoms with Crippen molar-refractivity contribution >= 4 is 21.9 Å². The van der Waals surface area contributed by atoms with E-state index in [9.17, 15) is 13.6 Å². The van der Waals surface area contributed by atoms with E-state index >= 15 is 0 Å². The number of benzene rings is 2. The number of esters is 1. The first kappa shape index (κ1) is 16.3. The van der Waals surface area contributed by atoms with Crippen LogP contribution >= 0.6 is 15.9 Å². The van der Waals surface area contributed by atoms with Gasteiger partial charge in [-0.1, -0.05) is 17.3 Å². The van der Waals surface area contributed by atoms with E-state index < -0.39 is 17.6 Å². The van der Waals surface area contributed by atoms with E-state index in [4.69, 9.17) is 9.26 Å². The topological polar surface area (TPSA) is 52.3 Å². The van der Waals surface area contributed by atoms with Gasteiger partial charge < -0.3 is 9.26 Å². The normalized spacial score (nSPS) is 10.6. The molecular formula is C17H10BrF2NO3. The summed E-state index contributed by atoms with van der Waals surface area (Å²) in [6.07, 6.45) is 0. The summed E-state index contributed by atoms with van der Waals surface area (Å²) in [6, 6.07) is 11.4. The molecule has 0 aliphatic heterocycles. The third kappa shape index (κ3) is 3.51. The molecule has 3 rings (SSSR count). The zero-order valence-corrected chi connectivity index (χ0v) is 13.7. The monoisotopic (exact) mass is 393 g/mol. The molecule has 122 valence electrons. The fraction of sp³-hybridized carbons (Fsp3) is 0.0588. The minimum atomic E-state index is -0.761. The summed E-state index contributed by atoms with van der Waals surface area (Å²) < 4.78 is 37.4. The van der Waals surface area contributed by atoms with Gasteiger partial charge in [0.1, 0.15) is 23.9 Å². The molecule has 0 unspecified atom stereocenters. The number of carbonyl (C=O) groups excluding carboxylic acids is 1. The fourth-order valence-corrected chi connectivity index (χ4v) is 2.49. The zero-order chi connectivity index (χ0) is 17.1. The first-order valence-corrected chi connectivity index (χ1v) is 7.66. The van der Waals surface area contributed by atoms with Crippen LogP contribution in [0.15, 0.2) is 57.5 Å². The third-order valence-electron chi connectivity index (χ3n) is 3.20. The van der Waals surface area contributed by atoms with Gasteiger partial charge in [0.2, 0.25) is 0 Å². The number of nitrogens with zero attached hydrogens (tertiary/aromatic N) is 1. The standard InChI is InChI=1S/C17H10BrF2NO3/c18-14-4-2-1-3-12(14)17(22)23-9-11-8-16(24-21-11)13-6-5-10(19)7-15(13)20/h1-8H,9H2. The Hall–Kier alpha value is -2.54. The van der Waals surface area contributed by atoms with Gasteiger partial charge in [0, 0.05) is 16.6 Å². The summed E-state index contributed by atoms with van der Waals surface area (Å²) in [5.74, 6) is -1.85. The summed E-state index contributed by atoms with van der Waals surface area (Å²) >= 11 is 3.26. The van der Waals surface area contributed by atoms with Crippen LogP contribution in [0.4, 0.5) is 8.78 Å². The largest absolute Gasteiger partial charge is 0.455 e. The van der Waals surface area contributed by atoms with E-state index in [-0.39, 0.29) is 17.9 Å². The van der Waals surface area contributed by atoms with Crippen LogP contribution in [-0.4, -0.2) is 11.1 Å². The molecular weight excluding hydrogens is 384 g/mol. The van der Waals surface area contributed by atoms with Gasteiger partial charge in [0.15, 0.2) is 5.76 Å². The molecule has 0 saturated heterocycles. The van der Waals surface area contributed by atoms with Crippen molar-refractivity contribution in [2.75, 3.05) is 0 Å². The van der Waals surface area contributed by atoms with Crippen molar-refractivity contribution in [1.29, 1.82) is 0 Å². The Balaban J connectivity index is 1.70. The highest BCUT2D eigenvalue weighted by molar-refractivity contribution is 9.10. The summed E-state index contributed by atoms with van der Waals surface area (Å²) in [5.41, 5.74) is 0.771. The molecule has 0 spiro atoms. The lowest BCUT2D eigenvalue weighted by Crippen LogP contribution is -2.06. The Labute approximate surface area is 144 Å². The molecule has 3 aromatic rings. The fourth-order valence-electron chi connectivity index (χ4n) is 2.04. The SMILES string of the molecule is O=C(OCc1cc(-c2ccc(F)cc2F)on1)c1ccccc1Br. The second-order valence-electron chi connectivity index (χ2n) is 4.86. The van der Waals surface area contributed by atoms with Gasteiger partial charge in [-0.05, 0) is 40.2 Å². The van der Waals surface area contributed by atoms with Crippen molar-refractivity contribution in [2.45, 2.75) is 6.61 Å². The average Bonchev–Trinajstić information content (AvgIpc) is 3.01. The maximum Gasteiger partial charge on any atom is 0.339 e. The van der Waals surface area contributed by atoms with E-state index in [0.717, 1.165) is 12.1 Å². The Bertz CT molecular complexity index is 895. The number of halogens is 3. The van der Waals surface area contributed by atoms with Gasteiger partial charge in [-0.15, -0.1) is 0 Å². The highest BCUT2D eigenvalue weighted by atomic mass is 79.9. The predicted molar refractivity (Wildman–Crippen MR) is 85.1 cm³/mol. The zero-order valence-electron chi connectivity index (χ0n) is 12.1. The van der Waals surface area contributed by atoms with E-state index in [1.807, 2.05) is 0 Å². The summed E-state index contributed by atoms with van der Waals surface area (Å²) in [7, 11) is 0. The molecule has 2 aromatic carbocycles. The van der Waals surface area contributed by atoms with Crippen LogP contribution in [0, 0.1) is 11.6 Å². The average molecular weight is 394 g/mol. The van der Waals surface area contributed by atoms with Crippen molar-refractivity contribution in [3.8, 4) is 11.3 Å². The van der Waals surface area contributed by atoms with Crippen LogP contribution in [0.1, 0.15) is 16.1 Å². The van der Waals surface area contributed by atoms with Crippen LogP contribution in [0.3, 0.4) is 0 Å². The predicted octanol–water partition coefficient (Wildman–Crippen LogP) is 4.74. The first-order valence-electron chi connectivity index (χ1n) is 6.87. The molecule has 0 N–H and O–H groups in total. The Morgan fingerprint density at radius 3 is 2.71 bits per heavy atom. The van der Waals surface area contributed by atoms with Crippen LogP contribution in [0.25, 0.3) is 11.3 Å². The van der Waals surface area contributed by atoms with Gasteiger partial charge >= 0.3 is 5.97 Å². The van der Waals surface area contributed by atoms with E-state index in [1.54, 1.807) is 24.3 Å². The van der Waals surface area contributed by atoms with Gasteiger partial charge in [-0.2, -0.15) is 0 Å². The van der Waals surface area contributed by atoms with Gasteiger partial charge in [0.05, 0.1) is 11.1 Å². The van der Waals surface area contributed by atoms with Crippen LogP contribution < -0.4 is 0 Å². The highest BCUT2D eigenvalue weighted by Crippen LogP contribution is 2.24. The Morgan fingerprint density at radius 1 is 1.17 bits per heavy atom. The molecule has 0 saturated carbocycles. The lowest BCUT2D eigenvalue weighted by atomic mass is 10.1. The number of aromatic nitrogens is 1. The van der Waals surface area contributed by atoms with Crippen LogP contribution in [0.5, 0.6) is 0 Å². The van der Waals surface area contributed by atoms with Crippen LogP contribution in [0.2, 0.25) is 0 Å². The second-order valence-corrected chi connectivity index (χ2v) is 5.72. The number of hydrogen-bond acceptors (Lipinski definition) is 4. The molecule has 0 fully saturated rings. The minimum absolute atomic E-state index is 0.0762. The molecule has 0 atom stereocenters. The van der Waals surface area contributed by atoms with Crippen molar-refractivity contribution in [1.82, 2.24) is 5.16 Å². The van der Waals surface area contributed by atoms with E-state index in [2.05, 4.69) is 21.1 Å². The van der Waals surface area contributed by atoms with E-state index in [0.29, 0.717) is 15.7 Å². The Kier molecular flexibility index (Phi) is 4.71. The lowest BCUT2D eigenvalue weighted by Gasteiger charge is -2.03. The number of carbonyl (C=O) groups is 1. The van der Waals surface area contributed by atoms with Gasteiger partial charge in [-0.3, -0.25) is 0 Å². The molecule has 24 heavy (non-hydrogen) atoms. The van der Waals surface area contributed by atoms with Gasteiger partial charge in [0.25, 0.3) is 0 Å². The molecule has 0 radical (unpaired) electrons. The maximum absolute atomic E-state index is 13.7. The van der Waals surface area contributed by atoms with Gasteiger partial charge in [-0.25, -0.2) is 13.6 Å². The summed E-state index contributed by atoms with van der Waals surface area (Å²) in [4.78, 5) is 12.0. The van der Waals surface area contributed by atoms with Crippen molar-refractivity contribution in [3.63, 3.8) is 0 Å². The highest BCUT2D eigenvalue weighted by Gasteiger charge is 2.15. The quantitative estimate of drug-likeness (QED) is 0.600. The summed E-state index contributed by atoms with van der Waals surface area (Å²) in [6.45, 7) is -0.132. The van der Waals surface area contributed by atoms with Crippen molar-refractivity contribution < 1.29 is 22.8 Å². The number of rotatable bonds is 4. The molecule has 1 heterocycles. The lowest BCUT2D eigenvalue weighted by molar-refractivity contribution is 0.0463. The molecule has 7 heteroatoms. The van der Waals surface area contributed by atoms with Crippen molar-refractivity contribution in [2.24, 2.45) is 0 Å². The van der Waals surface area contributed by atoms with E-state index in [1.165, 1.54) is 12.1 Å². The maximum atomic E-state index is 13.7. The smallest absolute Gasteiger partial charge is 0.339 e. The molecule has 4 nitrogen and oxygen atoms in total. The molecule has 0 bridgehead atoms. The van der Waals surface area contributed by atoms with Crippen LogP contribution in [-0.2, 0) is 11.3 Å². The second kappa shape index (κ2) is 6.92. The third-order valence-corrected chi connectivity index (χ3v) is 3.89. The first-order chi connectivity index (χ1) is 11.5. The molecule has 0 aliphatic carbocycles. The minimum Gasteiger partial charge on any atom is -0.455 e. The summed E-state index contributed by atoms with van der Waals surface area (Å²) in [5, 5.41) is 3.72. The Morgan fingerprint density at radius 2 is 1.96 bits per heavy atom. The molecule has 0 aliphatic rings. The number of ether oxygens (including phenoxy) is 1.